The van der Waals surface area contributed by atoms with E-state index in [1.165, 1.54) is 5.56 Å². The minimum atomic E-state index is 0.00390. The Balaban J connectivity index is 1.59. The van der Waals surface area contributed by atoms with Gasteiger partial charge in [-0.2, -0.15) is 0 Å². The van der Waals surface area contributed by atoms with Crippen molar-refractivity contribution in [1.82, 2.24) is 19.8 Å². The minimum Gasteiger partial charge on any atom is -0.337 e. The van der Waals surface area contributed by atoms with Crippen LogP contribution in [0.1, 0.15) is 35.1 Å². The summed E-state index contributed by atoms with van der Waals surface area (Å²) in [5, 5.41) is 0. The van der Waals surface area contributed by atoms with Gasteiger partial charge in [-0.15, -0.1) is 0 Å². The Bertz CT molecular complexity index is 672. The Hall–Kier alpha value is -2.27. The molecule has 126 valence electrons. The van der Waals surface area contributed by atoms with Crippen LogP contribution in [0.25, 0.3) is 0 Å². The molecule has 1 fully saturated rings. The van der Waals surface area contributed by atoms with E-state index >= 15 is 0 Å². The summed E-state index contributed by atoms with van der Waals surface area (Å²) in [4.78, 5) is 25.3. The lowest BCUT2D eigenvalue weighted by Gasteiger charge is -2.25. The molecule has 0 saturated carbocycles. The Morgan fingerprint density at radius 1 is 1.25 bits per heavy atom. The van der Waals surface area contributed by atoms with Gasteiger partial charge in [0.15, 0.2) is 0 Å². The lowest BCUT2D eigenvalue weighted by atomic mass is 10.2. The van der Waals surface area contributed by atoms with Gasteiger partial charge in [0.25, 0.3) is 5.91 Å². The molecule has 0 aliphatic carbocycles. The second-order valence-corrected chi connectivity index (χ2v) is 6.32. The first-order valence-electron chi connectivity index (χ1n) is 8.51. The van der Waals surface area contributed by atoms with Crippen molar-refractivity contribution in [2.24, 2.45) is 0 Å². The predicted octanol–water partition coefficient (Wildman–Crippen LogP) is 2.39. The summed E-state index contributed by atoms with van der Waals surface area (Å²) in [6.45, 7) is 4.87. The zero-order valence-corrected chi connectivity index (χ0v) is 14.4. The van der Waals surface area contributed by atoms with Crippen LogP contribution in [0.5, 0.6) is 0 Å². The average Bonchev–Trinajstić information content (AvgIpc) is 3.10. The summed E-state index contributed by atoms with van der Waals surface area (Å²) in [5.41, 5.74) is 1.88. The zero-order valence-electron chi connectivity index (χ0n) is 14.4. The van der Waals surface area contributed by atoms with Crippen molar-refractivity contribution in [3.63, 3.8) is 0 Å². The number of aromatic nitrogens is 2. The molecule has 1 amide bonds. The number of carbonyl (C=O) groups is 1. The van der Waals surface area contributed by atoms with Gasteiger partial charge in [-0.3, -0.25) is 9.69 Å². The van der Waals surface area contributed by atoms with E-state index < -0.39 is 0 Å². The van der Waals surface area contributed by atoms with Crippen LogP contribution in [0.3, 0.4) is 0 Å². The standard InChI is InChI=1S/C19H24N4O/c1-3-18-20-11-16(12-21-18)19(24)22(2)17-9-10-23(14-17)13-15-7-5-4-6-8-15/h4-8,11-12,17H,3,9-10,13-14H2,1-2H3. The molecule has 1 saturated heterocycles. The van der Waals surface area contributed by atoms with Crippen molar-refractivity contribution < 1.29 is 4.79 Å². The predicted molar refractivity (Wildman–Crippen MR) is 93.6 cm³/mol. The summed E-state index contributed by atoms with van der Waals surface area (Å²) in [6.07, 6.45) is 5.06. The third-order valence-electron chi connectivity index (χ3n) is 4.63. The number of nitrogens with zero attached hydrogens (tertiary/aromatic N) is 4. The SMILES string of the molecule is CCc1ncc(C(=O)N(C)C2CCN(Cc3ccccc3)C2)cn1. The van der Waals surface area contributed by atoms with E-state index in [2.05, 4.69) is 39.1 Å². The molecule has 1 unspecified atom stereocenters. The first-order chi connectivity index (χ1) is 11.7. The molecule has 3 rings (SSSR count). The van der Waals surface area contributed by atoms with Crippen LogP contribution >= 0.6 is 0 Å². The maximum absolute atomic E-state index is 12.6. The summed E-state index contributed by atoms with van der Waals surface area (Å²) in [6, 6.07) is 10.7. The molecule has 2 heterocycles. The summed E-state index contributed by atoms with van der Waals surface area (Å²) < 4.78 is 0. The Morgan fingerprint density at radius 3 is 2.62 bits per heavy atom. The van der Waals surface area contributed by atoms with Crippen molar-refractivity contribution in [2.45, 2.75) is 32.4 Å². The van der Waals surface area contributed by atoms with Crippen LogP contribution < -0.4 is 0 Å². The van der Waals surface area contributed by atoms with Crippen LogP contribution in [0.2, 0.25) is 0 Å². The van der Waals surface area contributed by atoms with Crippen molar-refractivity contribution in [2.75, 3.05) is 20.1 Å². The highest BCUT2D eigenvalue weighted by atomic mass is 16.2. The van der Waals surface area contributed by atoms with Crippen LogP contribution in [0.15, 0.2) is 42.7 Å². The minimum absolute atomic E-state index is 0.00390. The van der Waals surface area contributed by atoms with Gasteiger partial charge in [0.05, 0.1) is 5.56 Å². The average molecular weight is 324 g/mol. The summed E-state index contributed by atoms with van der Waals surface area (Å²) >= 11 is 0. The van der Waals surface area contributed by atoms with Gasteiger partial charge in [-0.1, -0.05) is 37.3 Å². The normalized spacial score (nSPS) is 17.8. The van der Waals surface area contributed by atoms with E-state index in [1.54, 1.807) is 12.4 Å². The number of likely N-dealkylation sites (tertiary alicyclic amines) is 1. The number of carbonyl (C=O) groups excluding carboxylic acids is 1. The summed E-state index contributed by atoms with van der Waals surface area (Å²) in [5.74, 6) is 0.772. The molecule has 0 spiro atoms. The molecule has 1 aromatic carbocycles. The number of rotatable bonds is 5. The van der Waals surface area contributed by atoms with Gasteiger partial charge in [-0.05, 0) is 12.0 Å². The lowest BCUT2D eigenvalue weighted by molar-refractivity contribution is 0.0734. The Kier molecular flexibility index (Phi) is 5.20. The number of hydrogen-bond acceptors (Lipinski definition) is 4. The smallest absolute Gasteiger partial charge is 0.257 e. The van der Waals surface area contributed by atoms with Gasteiger partial charge in [0.2, 0.25) is 0 Å². The molecule has 5 nitrogen and oxygen atoms in total. The monoisotopic (exact) mass is 324 g/mol. The second-order valence-electron chi connectivity index (χ2n) is 6.32. The fourth-order valence-corrected chi connectivity index (χ4v) is 3.13. The van der Waals surface area contributed by atoms with E-state index in [1.807, 2.05) is 24.9 Å². The molecule has 0 radical (unpaired) electrons. The van der Waals surface area contributed by atoms with Gasteiger partial charge in [0, 0.05) is 51.5 Å². The molecule has 1 aliphatic rings. The molecule has 24 heavy (non-hydrogen) atoms. The highest BCUT2D eigenvalue weighted by Gasteiger charge is 2.29. The van der Waals surface area contributed by atoms with E-state index in [4.69, 9.17) is 0 Å². The number of aryl methyl sites for hydroxylation is 1. The molecule has 0 bridgehead atoms. The van der Waals surface area contributed by atoms with Crippen LogP contribution in [0.4, 0.5) is 0 Å². The first kappa shape index (κ1) is 16.6. The third kappa shape index (κ3) is 3.79. The summed E-state index contributed by atoms with van der Waals surface area (Å²) in [7, 11) is 1.88. The fourth-order valence-electron chi connectivity index (χ4n) is 3.13. The molecule has 5 heteroatoms. The van der Waals surface area contributed by atoms with Gasteiger partial charge < -0.3 is 4.90 Å². The number of hydrogen-bond donors (Lipinski definition) is 0. The molecule has 2 aromatic rings. The quantitative estimate of drug-likeness (QED) is 0.847. The molecule has 1 aromatic heterocycles. The molecule has 1 aliphatic heterocycles. The van der Waals surface area contributed by atoms with Gasteiger partial charge >= 0.3 is 0 Å². The topological polar surface area (TPSA) is 49.3 Å². The maximum Gasteiger partial charge on any atom is 0.257 e. The Morgan fingerprint density at radius 2 is 1.96 bits per heavy atom. The number of likely N-dealkylation sites (N-methyl/N-ethyl adjacent to an activating group) is 1. The molecular weight excluding hydrogens is 300 g/mol. The highest BCUT2D eigenvalue weighted by Crippen LogP contribution is 2.18. The fraction of sp³-hybridized carbons (Fsp3) is 0.421. The number of amides is 1. The lowest BCUT2D eigenvalue weighted by Crippen LogP contribution is -2.39. The van der Waals surface area contributed by atoms with E-state index in [9.17, 15) is 4.79 Å². The van der Waals surface area contributed by atoms with Gasteiger partial charge in [-0.25, -0.2) is 9.97 Å². The van der Waals surface area contributed by atoms with Crippen LogP contribution in [-0.2, 0) is 13.0 Å². The first-order valence-corrected chi connectivity index (χ1v) is 8.51. The largest absolute Gasteiger partial charge is 0.337 e. The van der Waals surface area contributed by atoms with Crippen LogP contribution in [0, 0.1) is 0 Å². The van der Waals surface area contributed by atoms with Gasteiger partial charge in [0.1, 0.15) is 5.82 Å². The maximum atomic E-state index is 12.6. The molecule has 1 atom stereocenters. The van der Waals surface area contributed by atoms with E-state index in [-0.39, 0.29) is 11.9 Å². The van der Waals surface area contributed by atoms with Crippen molar-refractivity contribution in [3.05, 3.63) is 59.7 Å². The molecule has 0 N–H and O–H groups in total. The second kappa shape index (κ2) is 7.53. The van der Waals surface area contributed by atoms with E-state index in [0.717, 1.165) is 38.3 Å². The van der Waals surface area contributed by atoms with Crippen molar-refractivity contribution in [1.29, 1.82) is 0 Å². The Labute approximate surface area is 143 Å². The van der Waals surface area contributed by atoms with Crippen molar-refractivity contribution >= 4 is 5.91 Å². The zero-order chi connectivity index (χ0) is 16.9. The highest BCUT2D eigenvalue weighted by molar-refractivity contribution is 5.93. The van der Waals surface area contributed by atoms with E-state index in [0.29, 0.717) is 5.56 Å². The molecular formula is C19H24N4O. The van der Waals surface area contributed by atoms with Crippen molar-refractivity contribution in [3.8, 4) is 0 Å². The number of benzene rings is 1. The van der Waals surface area contributed by atoms with Crippen LogP contribution in [-0.4, -0.2) is 51.9 Å². The third-order valence-corrected chi connectivity index (χ3v) is 4.63.